The summed E-state index contributed by atoms with van der Waals surface area (Å²) < 4.78 is 0. The van der Waals surface area contributed by atoms with E-state index < -0.39 is 17.9 Å². The Morgan fingerprint density at radius 2 is 1.61 bits per heavy atom. The molecule has 6 heteroatoms. The maximum atomic E-state index is 11.7. The molecule has 0 aliphatic carbocycles. The summed E-state index contributed by atoms with van der Waals surface area (Å²) >= 11 is 0. The van der Waals surface area contributed by atoms with Gasteiger partial charge in [-0.1, -0.05) is 6.92 Å². The van der Waals surface area contributed by atoms with E-state index in [9.17, 15) is 19.2 Å². The van der Waals surface area contributed by atoms with Gasteiger partial charge in [-0.15, -0.1) is 0 Å². The molecular weight excluding hydrogens is 236 g/mol. The summed E-state index contributed by atoms with van der Waals surface area (Å²) in [6, 6.07) is -0.841. The normalized spacial score (nSPS) is 13.3. The Bertz CT molecular complexity index is 352. The van der Waals surface area contributed by atoms with Crippen molar-refractivity contribution in [2.75, 3.05) is 7.05 Å². The smallest absolute Gasteiger partial charge is 0.223 e. The van der Waals surface area contributed by atoms with Crippen LogP contribution < -0.4 is 10.6 Å². The number of hydrogen-bond acceptors (Lipinski definition) is 4. The van der Waals surface area contributed by atoms with Gasteiger partial charge >= 0.3 is 0 Å². The fraction of sp³-hybridized carbons (Fsp3) is 0.667. The van der Waals surface area contributed by atoms with E-state index in [2.05, 4.69) is 10.6 Å². The summed E-state index contributed by atoms with van der Waals surface area (Å²) in [5, 5.41) is 4.87. The second-order valence-electron chi connectivity index (χ2n) is 4.36. The molecule has 0 aromatic carbocycles. The maximum Gasteiger partial charge on any atom is 0.223 e. The van der Waals surface area contributed by atoms with E-state index >= 15 is 0 Å². The van der Waals surface area contributed by atoms with Crippen molar-refractivity contribution in [2.24, 2.45) is 5.92 Å². The lowest BCUT2D eigenvalue weighted by atomic mass is 10.0. The maximum absolute atomic E-state index is 11.7. The Labute approximate surface area is 106 Å². The molecule has 0 aliphatic rings. The number of rotatable bonds is 7. The fourth-order valence-electron chi connectivity index (χ4n) is 1.42. The van der Waals surface area contributed by atoms with Gasteiger partial charge in [0.2, 0.25) is 11.8 Å². The van der Waals surface area contributed by atoms with Gasteiger partial charge in [0.15, 0.2) is 5.78 Å². The van der Waals surface area contributed by atoms with E-state index in [1.165, 1.54) is 20.9 Å². The number of hydrogen-bond donors (Lipinski definition) is 2. The zero-order chi connectivity index (χ0) is 14.3. The summed E-state index contributed by atoms with van der Waals surface area (Å²) in [6.45, 7) is 4.31. The summed E-state index contributed by atoms with van der Waals surface area (Å²) in [6.07, 6.45) is 0.0286. The van der Waals surface area contributed by atoms with Gasteiger partial charge in [-0.3, -0.25) is 14.4 Å². The van der Waals surface area contributed by atoms with E-state index in [4.69, 9.17) is 0 Å². The van der Waals surface area contributed by atoms with Gasteiger partial charge in [0.25, 0.3) is 0 Å². The molecule has 0 aliphatic heterocycles. The van der Waals surface area contributed by atoms with Gasteiger partial charge in [-0.05, 0) is 13.8 Å². The van der Waals surface area contributed by atoms with Crippen molar-refractivity contribution in [1.82, 2.24) is 10.6 Å². The van der Waals surface area contributed by atoms with Crippen LogP contribution in [0.15, 0.2) is 0 Å². The summed E-state index contributed by atoms with van der Waals surface area (Å²) in [7, 11) is 1.46. The second-order valence-corrected chi connectivity index (χ2v) is 4.36. The molecule has 102 valence electrons. The minimum Gasteiger partial charge on any atom is -0.359 e. The molecule has 0 saturated carbocycles. The largest absolute Gasteiger partial charge is 0.359 e. The van der Waals surface area contributed by atoms with Crippen LogP contribution in [0.3, 0.4) is 0 Å². The molecule has 0 radical (unpaired) electrons. The van der Waals surface area contributed by atoms with Gasteiger partial charge in [-0.25, -0.2) is 0 Å². The van der Waals surface area contributed by atoms with Crippen LogP contribution in [0.1, 0.15) is 33.6 Å². The molecule has 0 bridgehead atoms. The van der Waals surface area contributed by atoms with E-state index in [1.54, 1.807) is 6.92 Å². The third kappa shape index (κ3) is 6.12. The fourth-order valence-corrected chi connectivity index (χ4v) is 1.42. The molecule has 0 saturated heterocycles. The minimum absolute atomic E-state index is 0.0929. The van der Waals surface area contributed by atoms with Gasteiger partial charge in [0.05, 0.1) is 12.5 Å². The number of carbonyl (C=O) groups is 4. The number of amides is 2. The van der Waals surface area contributed by atoms with Crippen LogP contribution in [0.4, 0.5) is 0 Å². The molecule has 0 fully saturated rings. The Morgan fingerprint density at radius 1 is 1.06 bits per heavy atom. The van der Waals surface area contributed by atoms with Gasteiger partial charge in [-0.2, -0.15) is 0 Å². The third-order valence-electron chi connectivity index (χ3n) is 2.52. The Kier molecular flexibility index (Phi) is 6.85. The first-order chi connectivity index (χ1) is 8.27. The molecule has 18 heavy (non-hydrogen) atoms. The molecular formula is C12H20N2O4. The number of Topliss-reactive ketones (excluding diaryl/α,β-unsaturated/α-hetero) is 2. The lowest BCUT2D eigenvalue weighted by Gasteiger charge is -2.17. The molecule has 0 heterocycles. The van der Waals surface area contributed by atoms with Crippen molar-refractivity contribution < 1.29 is 19.2 Å². The highest BCUT2D eigenvalue weighted by Crippen LogP contribution is 2.04. The first kappa shape index (κ1) is 16.3. The van der Waals surface area contributed by atoms with E-state index in [-0.39, 0.29) is 30.3 Å². The lowest BCUT2D eigenvalue weighted by molar-refractivity contribution is -0.132. The van der Waals surface area contributed by atoms with Crippen LogP contribution in [-0.4, -0.2) is 36.5 Å². The van der Waals surface area contributed by atoms with Crippen molar-refractivity contribution in [3.05, 3.63) is 0 Å². The van der Waals surface area contributed by atoms with Crippen molar-refractivity contribution in [1.29, 1.82) is 0 Å². The minimum atomic E-state index is -0.841. The Balaban J connectivity index is 4.49. The lowest BCUT2D eigenvalue weighted by Crippen LogP contribution is -2.45. The molecule has 6 nitrogen and oxygen atoms in total. The van der Waals surface area contributed by atoms with Crippen LogP contribution >= 0.6 is 0 Å². The monoisotopic (exact) mass is 256 g/mol. The zero-order valence-electron chi connectivity index (χ0n) is 11.2. The van der Waals surface area contributed by atoms with Crippen molar-refractivity contribution in [2.45, 2.75) is 39.7 Å². The predicted molar refractivity (Wildman–Crippen MR) is 65.8 cm³/mol. The average Bonchev–Trinajstić information content (AvgIpc) is 2.26. The summed E-state index contributed by atoms with van der Waals surface area (Å²) in [4.78, 5) is 45.1. The molecule has 2 N–H and O–H groups in total. The van der Waals surface area contributed by atoms with Gasteiger partial charge in [0.1, 0.15) is 5.78 Å². The predicted octanol–water partition coefficient (Wildman–Crippen LogP) is -0.189. The molecule has 0 rings (SSSR count). The Morgan fingerprint density at radius 3 is 2.00 bits per heavy atom. The van der Waals surface area contributed by atoms with Crippen molar-refractivity contribution >= 4 is 23.4 Å². The standard InChI is InChI=1S/C12H20N2O4/c1-7(5-8(2)15)12(18)14-10(9(3)16)6-11(17)13-4/h7,10H,5-6H2,1-4H3,(H,13,17)(H,14,18). The van der Waals surface area contributed by atoms with E-state index in [0.29, 0.717) is 0 Å². The van der Waals surface area contributed by atoms with Crippen LogP contribution in [0, 0.1) is 5.92 Å². The molecule has 2 unspecified atom stereocenters. The summed E-state index contributed by atoms with van der Waals surface area (Å²) in [5.74, 6) is -1.61. The molecule has 0 aromatic heterocycles. The molecule has 2 amide bonds. The van der Waals surface area contributed by atoms with Crippen LogP contribution in [0.25, 0.3) is 0 Å². The van der Waals surface area contributed by atoms with Gasteiger partial charge in [0, 0.05) is 19.4 Å². The second kappa shape index (κ2) is 7.58. The van der Waals surface area contributed by atoms with E-state index in [1.807, 2.05) is 0 Å². The SMILES string of the molecule is CNC(=O)CC(NC(=O)C(C)CC(C)=O)C(C)=O. The third-order valence-corrected chi connectivity index (χ3v) is 2.52. The first-order valence-electron chi connectivity index (χ1n) is 5.78. The topological polar surface area (TPSA) is 92.3 Å². The summed E-state index contributed by atoms with van der Waals surface area (Å²) in [5.41, 5.74) is 0. The first-order valence-corrected chi connectivity index (χ1v) is 5.78. The van der Waals surface area contributed by atoms with Crippen LogP contribution in [0.5, 0.6) is 0 Å². The molecule has 0 aromatic rings. The molecule has 2 atom stereocenters. The zero-order valence-corrected chi connectivity index (χ0v) is 11.2. The highest BCUT2D eigenvalue weighted by atomic mass is 16.2. The molecule has 0 spiro atoms. The van der Waals surface area contributed by atoms with E-state index in [0.717, 1.165) is 0 Å². The van der Waals surface area contributed by atoms with Crippen molar-refractivity contribution in [3.63, 3.8) is 0 Å². The average molecular weight is 256 g/mol. The van der Waals surface area contributed by atoms with Crippen LogP contribution in [0.2, 0.25) is 0 Å². The number of nitrogens with one attached hydrogen (secondary N) is 2. The van der Waals surface area contributed by atoms with Crippen LogP contribution in [-0.2, 0) is 19.2 Å². The van der Waals surface area contributed by atoms with Crippen molar-refractivity contribution in [3.8, 4) is 0 Å². The number of carbonyl (C=O) groups excluding carboxylic acids is 4. The Hall–Kier alpha value is -1.72. The van der Waals surface area contributed by atoms with Gasteiger partial charge < -0.3 is 15.4 Å². The highest BCUT2D eigenvalue weighted by Gasteiger charge is 2.23. The highest BCUT2D eigenvalue weighted by molar-refractivity contribution is 5.93. The quantitative estimate of drug-likeness (QED) is 0.660. The number of ketones is 2.